The van der Waals surface area contributed by atoms with E-state index in [2.05, 4.69) is 15.3 Å². The summed E-state index contributed by atoms with van der Waals surface area (Å²) >= 11 is 6.35. The molecule has 2 aromatic heterocycles. The number of hydrogen-bond acceptors (Lipinski definition) is 6. The molecular formula is C24H31ClF2N6O2. The van der Waals surface area contributed by atoms with Crippen LogP contribution in [0.1, 0.15) is 34.1 Å². The zero-order valence-electron chi connectivity index (χ0n) is 20.5. The first-order valence-electron chi connectivity index (χ1n) is 11.6. The molecule has 0 bridgehead atoms. The van der Waals surface area contributed by atoms with E-state index in [1.165, 1.54) is 20.0 Å². The van der Waals surface area contributed by atoms with Crippen LogP contribution in [0.5, 0.6) is 0 Å². The predicted octanol–water partition coefficient (Wildman–Crippen LogP) is 4.42. The summed E-state index contributed by atoms with van der Waals surface area (Å²) in [5, 5.41) is 13.6. The van der Waals surface area contributed by atoms with Gasteiger partial charge in [0.2, 0.25) is 5.95 Å². The normalized spacial score (nSPS) is 20.4. The number of anilines is 3. The summed E-state index contributed by atoms with van der Waals surface area (Å²) in [6.07, 6.45) is 1.87. The van der Waals surface area contributed by atoms with E-state index in [4.69, 9.17) is 11.6 Å². The fourth-order valence-corrected chi connectivity index (χ4v) is 4.59. The maximum atomic E-state index is 14.3. The number of nitrogens with zero attached hydrogens (tertiary/aromatic N) is 5. The number of imidazole rings is 1. The Kier molecular flexibility index (Phi) is 6.56. The van der Waals surface area contributed by atoms with Gasteiger partial charge in [0.15, 0.2) is 5.82 Å². The van der Waals surface area contributed by atoms with Crippen LogP contribution < -0.4 is 15.9 Å². The van der Waals surface area contributed by atoms with Crippen LogP contribution in [0.4, 0.5) is 26.2 Å². The van der Waals surface area contributed by atoms with Crippen LogP contribution in [0.25, 0.3) is 11.0 Å². The van der Waals surface area contributed by atoms with E-state index in [0.29, 0.717) is 35.9 Å². The molecule has 0 radical (unpaired) electrons. The molecule has 1 aliphatic heterocycles. The summed E-state index contributed by atoms with van der Waals surface area (Å²) in [7, 11) is 1.70. The third-order valence-electron chi connectivity index (χ3n) is 6.67. The molecule has 1 fully saturated rings. The van der Waals surface area contributed by atoms with Crippen LogP contribution in [0, 0.1) is 11.8 Å². The smallest absolute Gasteiger partial charge is 0.328 e. The highest BCUT2D eigenvalue weighted by Gasteiger charge is 2.47. The molecule has 0 aliphatic carbocycles. The van der Waals surface area contributed by atoms with Gasteiger partial charge >= 0.3 is 5.69 Å². The van der Waals surface area contributed by atoms with Crippen molar-refractivity contribution in [3.63, 3.8) is 0 Å². The van der Waals surface area contributed by atoms with Gasteiger partial charge in [-0.2, -0.15) is 4.98 Å². The molecule has 11 heteroatoms. The number of halogens is 3. The Hall–Kier alpha value is -2.72. The number of hydrogen-bond donors (Lipinski definition) is 2. The molecule has 0 spiro atoms. The summed E-state index contributed by atoms with van der Waals surface area (Å²) in [5.41, 5.74) is 1.03. The van der Waals surface area contributed by atoms with E-state index >= 15 is 0 Å². The second-order valence-electron chi connectivity index (χ2n) is 10.1. The summed E-state index contributed by atoms with van der Waals surface area (Å²) in [5.74, 6) is -3.73. The first-order valence-corrected chi connectivity index (χ1v) is 12.0. The van der Waals surface area contributed by atoms with E-state index in [1.807, 2.05) is 18.2 Å². The number of fused-ring (bicyclic) bond motifs is 1. The number of nitrogens with one attached hydrogen (secondary N) is 1. The van der Waals surface area contributed by atoms with Crippen molar-refractivity contribution in [3.8, 4) is 0 Å². The van der Waals surface area contributed by atoms with Gasteiger partial charge in [0, 0.05) is 44.2 Å². The minimum absolute atomic E-state index is 0.141. The molecule has 1 saturated heterocycles. The second-order valence-corrected chi connectivity index (χ2v) is 10.5. The van der Waals surface area contributed by atoms with Crippen molar-refractivity contribution in [2.45, 2.75) is 52.2 Å². The van der Waals surface area contributed by atoms with Crippen LogP contribution in [-0.2, 0) is 13.6 Å². The number of rotatable bonds is 6. The molecule has 35 heavy (non-hydrogen) atoms. The third-order valence-corrected chi connectivity index (χ3v) is 6.95. The van der Waals surface area contributed by atoms with E-state index < -0.39 is 23.4 Å². The lowest BCUT2D eigenvalue weighted by Gasteiger charge is -2.41. The van der Waals surface area contributed by atoms with Crippen LogP contribution >= 0.6 is 11.6 Å². The van der Waals surface area contributed by atoms with Gasteiger partial charge in [-0.15, -0.1) is 0 Å². The number of aryl methyl sites for hydroxylation is 2. The van der Waals surface area contributed by atoms with Crippen molar-refractivity contribution in [2.24, 2.45) is 18.9 Å². The number of benzene rings is 1. The number of piperidine rings is 1. The topological polar surface area (TPSA) is 88.2 Å². The zero-order valence-corrected chi connectivity index (χ0v) is 21.3. The number of aromatic nitrogens is 4. The Labute approximate surface area is 207 Å². The number of alkyl halides is 2. The molecule has 0 amide bonds. The molecule has 0 unspecified atom stereocenters. The molecule has 0 saturated carbocycles. The molecule has 1 aliphatic rings. The molecule has 1 aromatic carbocycles. The highest BCUT2D eigenvalue weighted by Crippen LogP contribution is 2.39. The van der Waals surface area contributed by atoms with Gasteiger partial charge in [-0.05, 0) is 38.5 Å². The second kappa shape index (κ2) is 9.05. The van der Waals surface area contributed by atoms with Crippen LogP contribution in [0.3, 0.4) is 0 Å². The van der Waals surface area contributed by atoms with Gasteiger partial charge in [-0.25, -0.2) is 18.6 Å². The lowest BCUT2D eigenvalue weighted by molar-refractivity contribution is -0.105. The van der Waals surface area contributed by atoms with Gasteiger partial charge in [-0.1, -0.05) is 25.4 Å². The summed E-state index contributed by atoms with van der Waals surface area (Å²) in [4.78, 5) is 23.3. The van der Waals surface area contributed by atoms with Gasteiger partial charge in [-0.3, -0.25) is 9.13 Å². The van der Waals surface area contributed by atoms with Crippen molar-refractivity contribution in [3.05, 3.63) is 39.9 Å². The van der Waals surface area contributed by atoms with E-state index in [1.54, 1.807) is 34.9 Å². The van der Waals surface area contributed by atoms with Crippen LogP contribution in [0.2, 0.25) is 5.02 Å². The Morgan fingerprint density at radius 1 is 1.23 bits per heavy atom. The molecule has 3 aromatic rings. The fraction of sp³-hybridized carbons (Fsp3) is 0.542. The maximum absolute atomic E-state index is 14.3. The van der Waals surface area contributed by atoms with Gasteiger partial charge in [0.25, 0.3) is 5.92 Å². The standard InChI is InChI=1S/C24H31ClF2N6O2/c1-14-12-32(13-15(2)24(14,26)27)21-28-11-17(25)20(30-21)29-16-6-7-18-19(10-16)33(22(34)31(18)5)9-8-23(3,4)35/h6-7,10-11,14-15,35H,8-9,12-13H2,1-5H3,(H,28,29,30)/t14-,15+. The quantitative estimate of drug-likeness (QED) is 0.512. The zero-order chi connectivity index (χ0) is 25.7. The Morgan fingerprint density at radius 3 is 2.51 bits per heavy atom. The molecular weight excluding hydrogens is 478 g/mol. The minimum atomic E-state index is -2.74. The Morgan fingerprint density at radius 2 is 1.89 bits per heavy atom. The fourth-order valence-electron chi connectivity index (χ4n) is 4.45. The lowest BCUT2D eigenvalue weighted by Crippen LogP contribution is -2.52. The first kappa shape index (κ1) is 25.4. The molecule has 190 valence electrons. The summed E-state index contributed by atoms with van der Waals surface area (Å²) < 4.78 is 31.8. The van der Waals surface area contributed by atoms with Gasteiger partial charge < -0.3 is 15.3 Å². The van der Waals surface area contributed by atoms with Crippen molar-refractivity contribution in [2.75, 3.05) is 23.3 Å². The predicted molar refractivity (Wildman–Crippen MR) is 134 cm³/mol. The average molecular weight is 509 g/mol. The van der Waals surface area contributed by atoms with Crippen LogP contribution in [-0.4, -0.2) is 48.8 Å². The molecule has 3 heterocycles. The highest BCUT2D eigenvalue weighted by atomic mass is 35.5. The maximum Gasteiger partial charge on any atom is 0.328 e. The summed E-state index contributed by atoms with van der Waals surface area (Å²) in [6.45, 7) is 7.11. The molecule has 2 N–H and O–H groups in total. The Balaban J connectivity index is 1.63. The highest BCUT2D eigenvalue weighted by molar-refractivity contribution is 6.32. The first-order chi connectivity index (χ1) is 16.3. The summed E-state index contributed by atoms with van der Waals surface area (Å²) in [6, 6.07) is 5.46. The lowest BCUT2D eigenvalue weighted by atomic mass is 9.87. The Bertz CT molecular complexity index is 1290. The monoisotopic (exact) mass is 508 g/mol. The van der Waals surface area contributed by atoms with E-state index in [9.17, 15) is 18.7 Å². The largest absolute Gasteiger partial charge is 0.390 e. The van der Waals surface area contributed by atoms with Crippen molar-refractivity contribution in [1.29, 1.82) is 0 Å². The average Bonchev–Trinajstić information content (AvgIpc) is 3.01. The molecule has 8 nitrogen and oxygen atoms in total. The van der Waals surface area contributed by atoms with E-state index in [-0.39, 0.29) is 23.8 Å². The van der Waals surface area contributed by atoms with Crippen LogP contribution in [0.15, 0.2) is 29.2 Å². The van der Waals surface area contributed by atoms with Gasteiger partial charge in [0.1, 0.15) is 5.02 Å². The molecule has 4 rings (SSSR count). The van der Waals surface area contributed by atoms with Crippen molar-refractivity contribution in [1.82, 2.24) is 19.1 Å². The van der Waals surface area contributed by atoms with E-state index in [0.717, 1.165) is 5.52 Å². The van der Waals surface area contributed by atoms with Crippen molar-refractivity contribution < 1.29 is 13.9 Å². The third kappa shape index (κ3) is 4.99. The van der Waals surface area contributed by atoms with Gasteiger partial charge in [0.05, 0.1) is 22.8 Å². The SMILES string of the molecule is C[C@@H]1CN(c2ncc(Cl)c(Nc3ccc4c(c3)n(CCC(C)(C)O)c(=O)n4C)n2)C[C@H](C)C1(F)F. The minimum Gasteiger partial charge on any atom is -0.390 e. The number of aliphatic hydroxyl groups is 1. The van der Waals surface area contributed by atoms with Crippen molar-refractivity contribution >= 4 is 40.1 Å². The molecule has 2 atom stereocenters.